The molecule has 4 aromatic heterocycles. The highest BCUT2D eigenvalue weighted by Crippen LogP contribution is 2.42. The topological polar surface area (TPSA) is 87.2 Å². The highest BCUT2D eigenvalue weighted by atomic mass is 15.2. The summed E-state index contributed by atoms with van der Waals surface area (Å²) in [6, 6.07) is 79.3. The maximum absolute atomic E-state index is 5.26. The molecule has 0 saturated heterocycles. The van der Waals surface area contributed by atoms with Crippen molar-refractivity contribution in [3.8, 4) is 79.7 Å². The van der Waals surface area contributed by atoms with Gasteiger partial charge in [-0.15, -0.1) is 0 Å². The van der Waals surface area contributed by atoms with E-state index in [2.05, 4.69) is 137 Å². The molecule has 0 aliphatic rings. The summed E-state index contributed by atoms with van der Waals surface area (Å²) in [4.78, 5) is 31.0. The molecule has 8 nitrogen and oxygen atoms in total. The summed E-state index contributed by atoms with van der Waals surface area (Å²) in [6.45, 7) is 0. The van der Waals surface area contributed by atoms with E-state index in [4.69, 9.17) is 29.9 Å². The summed E-state index contributed by atoms with van der Waals surface area (Å²) >= 11 is 0. The number of benzene rings is 9. The number of fused-ring (bicyclic) bond motifs is 7. The third-order valence-electron chi connectivity index (χ3n) is 12.6. The lowest BCUT2D eigenvalue weighted by atomic mass is 9.99. The second-order valence-corrected chi connectivity index (χ2v) is 16.7. The number of para-hydroxylation sites is 2. The van der Waals surface area contributed by atoms with Gasteiger partial charge in [0.1, 0.15) is 0 Å². The molecule has 318 valence electrons. The minimum absolute atomic E-state index is 0.543. The molecule has 0 unspecified atom stereocenters. The molecule has 9 aromatic carbocycles. The van der Waals surface area contributed by atoms with E-state index in [0.29, 0.717) is 35.1 Å². The molecule has 0 spiro atoms. The smallest absolute Gasteiger partial charge is 0.238 e. The molecule has 13 aromatic rings. The van der Waals surface area contributed by atoms with Crippen molar-refractivity contribution in [2.75, 3.05) is 0 Å². The van der Waals surface area contributed by atoms with E-state index in [1.807, 2.05) is 103 Å². The minimum Gasteiger partial charge on any atom is -0.309 e. The van der Waals surface area contributed by atoms with Crippen LogP contribution in [0.25, 0.3) is 123 Å². The summed E-state index contributed by atoms with van der Waals surface area (Å²) < 4.78 is 4.57. The normalized spacial score (nSPS) is 11.5. The average molecular weight is 871 g/mol. The van der Waals surface area contributed by atoms with Crippen LogP contribution in [0, 0.1) is 0 Å². The predicted molar refractivity (Wildman–Crippen MR) is 275 cm³/mol. The lowest BCUT2D eigenvalue weighted by molar-refractivity contribution is 0.953. The largest absolute Gasteiger partial charge is 0.309 e. The van der Waals surface area contributed by atoms with Gasteiger partial charge in [-0.2, -0.15) is 9.97 Å². The first-order chi connectivity index (χ1) is 33.7. The van der Waals surface area contributed by atoms with Crippen LogP contribution in [0.1, 0.15) is 0 Å². The highest BCUT2D eigenvalue weighted by Gasteiger charge is 2.24. The second-order valence-electron chi connectivity index (χ2n) is 16.7. The Kier molecular flexibility index (Phi) is 9.31. The van der Waals surface area contributed by atoms with Crippen LogP contribution in [0.3, 0.4) is 0 Å². The molecule has 0 atom stereocenters. The highest BCUT2D eigenvalue weighted by molar-refractivity contribution is 6.26. The molecule has 0 saturated carbocycles. The first-order valence-corrected chi connectivity index (χ1v) is 22.6. The summed E-state index contributed by atoms with van der Waals surface area (Å²) in [5, 5.41) is 4.46. The molecule has 0 N–H and O–H groups in total. The van der Waals surface area contributed by atoms with E-state index in [1.165, 1.54) is 0 Å². The van der Waals surface area contributed by atoms with Crippen LogP contribution in [0.4, 0.5) is 0 Å². The zero-order valence-corrected chi connectivity index (χ0v) is 36.5. The van der Waals surface area contributed by atoms with E-state index in [0.717, 1.165) is 88.2 Å². The quantitative estimate of drug-likeness (QED) is 0.151. The molecule has 0 aliphatic carbocycles. The van der Waals surface area contributed by atoms with E-state index in [1.54, 1.807) is 0 Å². The van der Waals surface area contributed by atoms with Crippen molar-refractivity contribution in [3.05, 3.63) is 231 Å². The van der Waals surface area contributed by atoms with Gasteiger partial charge in [0.05, 0.1) is 22.1 Å². The zero-order valence-electron chi connectivity index (χ0n) is 36.5. The average Bonchev–Trinajstić information content (AvgIpc) is 3.95. The summed E-state index contributed by atoms with van der Waals surface area (Å²) in [5.41, 5.74) is 11.8. The van der Waals surface area contributed by atoms with E-state index >= 15 is 0 Å². The first-order valence-electron chi connectivity index (χ1n) is 22.6. The number of nitrogens with zero attached hydrogens (tertiary/aromatic N) is 8. The van der Waals surface area contributed by atoms with Gasteiger partial charge in [0.25, 0.3) is 0 Å². The Morgan fingerprint density at radius 2 is 0.721 bits per heavy atom. The van der Waals surface area contributed by atoms with E-state index < -0.39 is 0 Å². The van der Waals surface area contributed by atoms with Crippen LogP contribution < -0.4 is 0 Å². The predicted octanol–water partition coefficient (Wildman–Crippen LogP) is 14.3. The lowest BCUT2D eigenvalue weighted by Crippen LogP contribution is -2.06. The molecule has 68 heavy (non-hydrogen) atoms. The van der Waals surface area contributed by atoms with Crippen molar-refractivity contribution in [1.82, 2.24) is 39.0 Å². The Labute approximate surface area is 391 Å². The number of hydrogen-bond donors (Lipinski definition) is 0. The Morgan fingerprint density at radius 3 is 1.34 bits per heavy atom. The summed E-state index contributed by atoms with van der Waals surface area (Å²) in [6.07, 6.45) is 0. The second kappa shape index (κ2) is 16.2. The first kappa shape index (κ1) is 39.0. The standard InChI is InChI=1S/C60H38N8/c1-5-20-39(21-6-1)45-30-13-14-32-48(45)59-63-55(40-22-7-2-8-23-40)61-58(64-59)43-28-19-29-44(38-43)67-50-34-17-15-31-46(50)47-36-37-52-53(54(47)67)49-33-16-18-35-51(49)68(52)60-65-56(41-24-9-3-10-25-41)62-57(66-60)42-26-11-4-12-27-42/h1-38H. The maximum Gasteiger partial charge on any atom is 0.238 e. The molecule has 4 heterocycles. The van der Waals surface area contributed by atoms with Crippen LogP contribution in [0.5, 0.6) is 0 Å². The fourth-order valence-corrected chi connectivity index (χ4v) is 9.56. The molecule has 13 rings (SSSR count). The molecule has 0 radical (unpaired) electrons. The van der Waals surface area contributed by atoms with Gasteiger partial charge in [0.2, 0.25) is 5.95 Å². The molecular weight excluding hydrogens is 833 g/mol. The summed E-state index contributed by atoms with van der Waals surface area (Å²) in [7, 11) is 0. The van der Waals surface area contributed by atoms with E-state index in [-0.39, 0.29) is 0 Å². The Hall–Kier alpha value is -9.40. The van der Waals surface area contributed by atoms with Crippen LogP contribution >= 0.6 is 0 Å². The Balaban J connectivity index is 1.05. The Morgan fingerprint density at radius 1 is 0.265 bits per heavy atom. The van der Waals surface area contributed by atoms with Crippen LogP contribution in [0.2, 0.25) is 0 Å². The van der Waals surface area contributed by atoms with Gasteiger partial charge < -0.3 is 4.57 Å². The van der Waals surface area contributed by atoms with Crippen molar-refractivity contribution in [2.45, 2.75) is 0 Å². The van der Waals surface area contributed by atoms with Gasteiger partial charge in [-0.05, 0) is 41.5 Å². The van der Waals surface area contributed by atoms with Crippen LogP contribution in [-0.4, -0.2) is 39.0 Å². The fraction of sp³-hybridized carbons (Fsp3) is 0. The number of aromatic nitrogens is 8. The Bertz CT molecular complexity index is 3960. The third kappa shape index (κ3) is 6.62. The maximum atomic E-state index is 5.26. The molecule has 0 amide bonds. The van der Waals surface area contributed by atoms with Crippen molar-refractivity contribution >= 4 is 43.6 Å². The molecule has 0 fully saturated rings. The lowest BCUT2D eigenvalue weighted by Gasteiger charge is -2.13. The van der Waals surface area contributed by atoms with Crippen LogP contribution in [-0.2, 0) is 0 Å². The van der Waals surface area contributed by atoms with Crippen molar-refractivity contribution in [2.24, 2.45) is 0 Å². The third-order valence-corrected chi connectivity index (χ3v) is 12.6. The summed E-state index contributed by atoms with van der Waals surface area (Å²) in [5.74, 6) is 3.55. The van der Waals surface area contributed by atoms with Gasteiger partial charge in [0, 0.05) is 55.0 Å². The molecule has 0 aliphatic heterocycles. The van der Waals surface area contributed by atoms with Crippen molar-refractivity contribution in [1.29, 1.82) is 0 Å². The molecule has 0 bridgehead atoms. The monoisotopic (exact) mass is 870 g/mol. The van der Waals surface area contributed by atoms with Crippen molar-refractivity contribution < 1.29 is 0 Å². The van der Waals surface area contributed by atoms with Gasteiger partial charge >= 0.3 is 0 Å². The van der Waals surface area contributed by atoms with Crippen LogP contribution in [0.15, 0.2) is 231 Å². The van der Waals surface area contributed by atoms with Gasteiger partial charge in [0.15, 0.2) is 29.1 Å². The van der Waals surface area contributed by atoms with Gasteiger partial charge in [-0.25, -0.2) is 19.9 Å². The molecular formula is C60H38N8. The zero-order chi connectivity index (χ0) is 45.0. The number of hydrogen-bond acceptors (Lipinski definition) is 6. The van der Waals surface area contributed by atoms with Gasteiger partial charge in [-0.3, -0.25) is 4.57 Å². The molecule has 8 heteroatoms. The minimum atomic E-state index is 0.543. The van der Waals surface area contributed by atoms with Crippen molar-refractivity contribution in [3.63, 3.8) is 0 Å². The SMILES string of the molecule is c1ccc(-c2nc(-c3cccc(-n4c5ccccc5c5ccc6c(c7ccccc7n6-c6nc(-c7ccccc7)nc(-c7ccccc7)n6)c54)c3)nc(-c3ccccc3-c3ccccc3)n2)cc1. The fourth-order valence-electron chi connectivity index (χ4n) is 9.56. The van der Waals surface area contributed by atoms with Gasteiger partial charge in [-0.1, -0.05) is 200 Å². The number of rotatable bonds is 8. The van der Waals surface area contributed by atoms with E-state index in [9.17, 15) is 0 Å².